The van der Waals surface area contributed by atoms with E-state index in [2.05, 4.69) is 10.00 Å². The molecule has 0 saturated carbocycles. The summed E-state index contributed by atoms with van der Waals surface area (Å²) in [5.74, 6) is 0. The van der Waals surface area contributed by atoms with Crippen molar-refractivity contribution in [2.24, 2.45) is 0 Å². The molecule has 100 valence electrons. The van der Waals surface area contributed by atoms with Crippen molar-refractivity contribution in [2.45, 2.75) is 50.8 Å². The largest absolute Gasteiger partial charge is 0.383 e. The molecule has 5 heteroatoms. The average Bonchev–Trinajstić information content (AvgIpc) is 2.94. The molecular formula is C13H20ClN3O. The predicted molar refractivity (Wildman–Crippen MR) is 70.6 cm³/mol. The molecule has 1 N–H and O–H groups in total. The highest BCUT2D eigenvalue weighted by molar-refractivity contribution is 6.31. The summed E-state index contributed by atoms with van der Waals surface area (Å²) in [6.07, 6.45) is 5.65. The molecule has 3 heterocycles. The monoisotopic (exact) mass is 269 g/mol. The number of hydrogen-bond donors (Lipinski definition) is 1. The maximum absolute atomic E-state index is 11.0. The molecule has 2 fully saturated rings. The van der Waals surface area contributed by atoms with Gasteiger partial charge in [-0.3, -0.25) is 4.68 Å². The molecule has 2 unspecified atom stereocenters. The Kier molecular flexibility index (Phi) is 3.12. The van der Waals surface area contributed by atoms with E-state index in [1.54, 1.807) is 6.20 Å². The fraction of sp³-hybridized carbons (Fsp3) is 0.769. The number of fused-ring (bicyclic) bond motifs is 1. The van der Waals surface area contributed by atoms with Crippen molar-refractivity contribution in [3.63, 3.8) is 0 Å². The Morgan fingerprint density at radius 3 is 3.17 bits per heavy atom. The maximum atomic E-state index is 11.0. The van der Waals surface area contributed by atoms with Crippen molar-refractivity contribution in [2.75, 3.05) is 13.1 Å². The fourth-order valence-corrected chi connectivity index (χ4v) is 3.84. The molecule has 18 heavy (non-hydrogen) atoms. The summed E-state index contributed by atoms with van der Waals surface area (Å²) < 4.78 is 1.84. The number of nitrogens with zero attached hydrogens (tertiary/aromatic N) is 3. The highest BCUT2D eigenvalue weighted by Crippen LogP contribution is 2.41. The van der Waals surface area contributed by atoms with Crippen LogP contribution in [0.5, 0.6) is 0 Å². The first-order chi connectivity index (χ1) is 8.64. The maximum Gasteiger partial charge on any atom is 0.110 e. The second kappa shape index (κ2) is 4.51. The van der Waals surface area contributed by atoms with Crippen LogP contribution in [0.3, 0.4) is 0 Å². The Balaban J connectivity index is 1.92. The van der Waals surface area contributed by atoms with E-state index < -0.39 is 5.60 Å². The molecule has 2 aliphatic rings. The van der Waals surface area contributed by atoms with Crippen LogP contribution in [-0.2, 0) is 12.1 Å². The van der Waals surface area contributed by atoms with Crippen LogP contribution in [0.1, 0.15) is 38.3 Å². The molecule has 2 atom stereocenters. The molecule has 0 amide bonds. The van der Waals surface area contributed by atoms with Crippen LogP contribution in [0.4, 0.5) is 0 Å². The number of hydrogen-bond acceptors (Lipinski definition) is 3. The molecule has 3 rings (SSSR count). The third kappa shape index (κ3) is 1.87. The standard InChI is InChI=1S/C13H20ClN3O/c1-2-17-12(11(14)9-15-17)13(18)5-7-16-6-3-4-10(16)8-13/h9-10,18H,2-8H2,1H3. The quantitative estimate of drug-likeness (QED) is 0.893. The summed E-state index contributed by atoms with van der Waals surface area (Å²) >= 11 is 6.23. The lowest BCUT2D eigenvalue weighted by Crippen LogP contribution is -2.47. The number of aryl methyl sites for hydroxylation is 1. The Labute approximate surface area is 113 Å². The first kappa shape index (κ1) is 12.5. The minimum Gasteiger partial charge on any atom is -0.383 e. The topological polar surface area (TPSA) is 41.3 Å². The first-order valence-electron chi connectivity index (χ1n) is 6.82. The van der Waals surface area contributed by atoms with Crippen molar-refractivity contribution >= 4 is 11.6 Å². The highest BCUT2D eigenvalue weighted by atomic mass is 35.5. The third-order valence-corrected chi connectivity index (χ3v) is 4.70. The molecule has 2 saturated heterocycles. The van der Waals surface area contributed by atoms with Gasteiger partial charge in [0.1, 0.15) is 5.60 Å². The smallest absolute Gasteiger partial charge is 0.110 e. The summed E-state index contributed by atoms with van der Waals surface area (Å²) in [4.78, 5) is 2.50. The molecule has 0 aromatic carbocycles. The zero-order valence-electron chi connectivity index (χ0n) is 10.8. The summed E-state index contributed by atoms with van der Waals surface area (Å²) in [6.45, 7) is 4.92. The lowest BCUT2D eigenvalue weighted by Gasteiger charge is -2.41. The van der Waals surface area contributed by atoms with Gasteiger partial charge in [0, 0.05) is 19.1 Å². The van der Waals surface area contributed by atoms with Crippen molar-refractivity contribution in [3.8, 4) is 0 Å². The van der Waals surface area contributed by atoms with E-state index in [4.69, 9.17) is 11.6 Å². The van der Waals surface area contributed by atoms with Crippen LogP contribution in [0.2, 0.25) is 5.02 Å². The molecule has 1 aromatic rings. The van der Waals surface area contributed by atoms with Crippen molar-refractivity contribution in [1.29, 1.82) is 0 Å². The van der Waals surface area contributed by atoms with Crippen LogP contribution in [0, 0.1) is 0 Å². The van der Waals surface area contributed by atoms with Gasteiger partial charge in [0.15, 0.2) is 0 Å². The number of piperidine rings is 1. The normalized spacial score (nSPS) is 32.7. The van der Waals surface area contributed by atoms with Gasteiger partial charge in [0.2, 0.25) is 0 Å². The number of halogens is 1. The van der Waals surface area contributed by atoms with Gasteiger partial charge in [-0.25, -0.2) is 0 Å². The average molecular weight is 270 g/mol. The summed E-state index contributed by atoms with van der Waals surface area (Å²) in [6, 6.07) is 0.514. The molecule has 1 aromatic heterocycles. The van der Waals surface area contributed by atoms with E-state index in [-0.39, 0.29) is 0 Å². The van der Waals surface area contributed by atoms with Gasteiger partial charge in [-0.1, -0.05) is 11.6 Å². The van der Waals surface area contributed by atoms with E-state index in [0.29, 0.717) is 11.1 Å². The van der Waals surface area contributed by atoms with E-state index >= 15 is 0 Å². The Morgan fingerprint density at radius 1 is 1.56 bits per heavy atom. The minimum atomic E-state index is -0.797. The number of aliphatic hydroxyl groups is 1. The van der Waals surface area contributed by atoms with Crippen molar-refractivity contribution < 1.29 is 5.11 Å². The van der Waals surface area contributed by atoms with Gasteiger partial charge in [0.25, 0.3) is 0 Å². The molecule has 0 bridgehead atoms. The molecule has 2 aliphatic heterocycles. The molecule has 0 radical (unpaired) electrons. The van der Waals surface area contributed by atoms with Crippen molar-refractivity contribution in [3.05, 3.63) is 16.9 Å². The van der Waals surface area contributed by atoms with E-state index in [9.17, 15) is 5.11 Å². The summed E-state index contributed by atoms with van der Waals surface area (Å²) in [5.41, 5.74) is 0.0213. The minimum absolute atomic E-state index is 0.514. The zero-order chi connectivity index (χ0) is 12.8. The summed E-state index contributed by atoms with van der Waals surface area (Å²) in [5, 5.41) is 15.9. The fourth-order valence-electron chi connectivity index (χ4n) is 3.52. The van der Waals surface area contributed by atoms with Crippen LogP contribution in [0.15, 0.2) is 6.20 Å². The van der Waals surface area contributed by atoms with Gasteiger partial charge in [0.05, 0.1) is 16.9 Å². The Hall–Kier alpha value is -0.580. The zero-order valence-corrected chi connectivity index (χ0v) is 11.5. The van der Waals surface area contributed by atoms with E-state index in [1.165, 1.54) is 19.4 Å². The van der Waals surface area contributed by atoms with Gasteiger partial charge < -0.3 is 10.0 Å². The lowest BCUT2D eigenvalue weighted by atomic mass is 9.84. The highest BCUT2D eigenvalue weighted by Gasteiger charge is 2.44. The van der Waals surface area contributed by atoms with Crippen LogP contribution < -0.4 is 0 Å². The van der Waals surface area contributed by atoms with Gasteiger partial charge >= 0.3 is 0 Å². The predicted octanol–water partition coefficient (Wildman–Crippen LogP) is 2.00. The van der Waals surface area contributed by atoms with Gasteiger partial charge in [-0.05, 0) is 39.2 Å². The molecule has 4 nitrogen and oxygen atoms in total. The van der Waals surface area contributed by atoms with Gasteiger partial charge in [-0.15, -0.1) is 0 Å². The first-order valence-corrected chi connectivity index (χ1v) is 7.20. The lowest BCUT2D eigenvalue weighted by molar-refractivity contribution is -0.0470. The van der Waals surface area contributed by atoms with Crippen LogP contribution in [-0.4, -0.2) is 38.9 Å². The van der Waals surface area contributed by atoms with Gasteiger partial charge in [-0.2, -0.15) is 5.10 Å². The van der Waals surface area contributed by atoms with Crippen LogP contribution >= 0.6 is 11.6 Å². The third-order valence-electron chi connectivity index (χ3n) is 4.42. The molecule has 0 aliphatic carbocycles. The van der Waals surface area contributed by atoms with Crippen molar-refractivity contribution in [1.82, 2.24) is 14.7 Å². The van der Waals surface area contributed by atoms with Crippen LogP contribution in [0.25, 0.3) is 0 Å². The SMILES string of the molecule is CCn1ncc(Cl)c1C1(O)CCN2CCCC2C1. The summed E-state index contributed by atoms with van der Waals surface area (Å²) in [7, 11) is 0. The Bertz CT molecular complexity index is 447. The molecular weight excluding hydrogens is 250 g/mol. The number of rotatable bonds is 2. The second-order valence-corrected chi connectivity index (χ2v) is 5.88. The van der Waals surface area contributed by atoms with E-state index in [1.807, 2.05) is 11.6 Å². The van der Waals surface area contributed by atoms with E-state index in [0.717, 1.165) is 31.6 Å². The number of aromatic nitrogens is 2. The Morgan fingerprint density at radius 2 is 2.39 bits per heavy atom. The second-order valence-electron chi connectivity index (χ2n) is 5.47. The molecule has 0 spiro atoms.